The minimum atomic E-state index is -2.01. The van der Waals surface area contributed by atoms with Crippen LogP contribution in [0.3, 0.4) is 0 Å². The first-order valence-corrected chi connectivity index (χ1v) is 26.5. The van der Waals surface area contributed by atoms with E-state index in [1.165, 1.54) is 20.8 Å². The molecule has 0 saturated heterocycles. The summed E-state index contributed by atoms with van der Waals surface area (Å²) in [4.78, 5) is 175. The first kappa shape index (κ1) is 71.5. The Morgan fingerprint density at radius 1 is 0.512 bits per heavy atom. The third-order valence-corrected chi connectivity index (χ3v) is 12.7. The number of aliphatic carboxylic acids is 2. The molecule has 31 heteroatoms. The second-order valence-electron chi connectivity index (χ2n) is 20.4. The SMILES string of the molecule is CC[C@H](C)[C@H](NC(=O)[C@H](CCC(N)=O)NC(=O)[C@H](CC(=O)O)NC(=O)[C@@H](NC(=O)[C@@H](NC(=O)[C@H](Cc1ccccc1)NC(=O)[C@H](CC(N)=O)NC(=O)[C@@H](N)C(C)C)[C@@H](C)O)C(C)C)C(=O)N[C@@H](CCCN=C(N)N)C(=O)N[C@@H](C)C(=O)O. The lowest BCUT2D eigenvalue weighted by Crippen LogP contribution is -2.63. The molecule has 82 heavy (non-hydrogen) atoms. The van der Waals surface area contributed by atoms with Gasteiger partial charge in [0.1, 0.15) is 54.4 Å². The van der Waals surface area contributed by atoms with E-state index < -0.39 is 181 Å². The van der Waals surface area contributed by atoms with Crippen LogP contribution in [-0.2, 0) is 68.7 Å². The second kappa shape index (κ2) is 35.3. The van der Waals surface area contributed by atoms with Crippen molar-refractivity contribution in [1.29, 1.82) is 0 Å². The number of nitrogens with zero attached hydrogens (tertiary/aromatic N) is 1. The van der Waals surface area contributed by atoms with Gasteiger partial charge >= 0.3 is 11.9 Å². The molecule has 0 aromatic heterocycles. The van der Waals surface area contributed by atoms with Crippen LogP contribution in [0.2, 0.25) is 0 Å². The fourth-order valence-corrected chi connectivity index (χ4v) is 7.59. The fourth-order valence-electron chi connectivity index (χ4n) is 7.59. The minimum absolute atomic E-state index is 0.0207. The Labute approximate surface area is 474 Å². The zero-order valence-electron chi connectivity index (χ0n) is 47.3. The number of guanidine groups is 1. The number of nitrogens with one attached hydrogen (secondary N) is 9. The average molecular weight is 1160 g/mol. The molecule has 12 atom stereocenters. The highest BCUT2D eigenvalue weighted by molar-refractivity contribution is 6.00. The number of carboxylic acids is 2. The predicted octanol–water partition coefficient (Wildman–Crippen LogP) is -5.57. The van der Waals surface area contributed by atoms with Crippen molar-refractivity contribution in [1.82, 2.24) is 47.9 Å². The average Bonchev–Trinajstić information content (AvgIpc) is 3.42. The third kappa shape index (κ3) is 25.8. The van der Waals surface area contributed by atoms with Gasteiger partial charge in [-0.25, -0.2) is 0 Å². The standard InChI is InChI=1S/C51H83N15O16/c1-9-25(6)39(48(79)60-29(16-13-19-57-51(55)56)41(72)58-26(7)50(81)82)65-42(73)30(17-18-34(52)68)59-44(75)33(22-36(70)71)63-47(78)38(24(4)5)64-49(80)40(27(8)67)66-45(76)31(20-28-14-11-10-12-15-28)61-43(74)32(21-35(53)69)62-46(77)37(54)23(2)3/h10-12,14-15,23-27,29-33,37-40,67H,9,13,16-22,54H2,1-8H3,(H2,52,68)(H2,53,69)(H,58,72)(H,59,75)(H,60,79)(H,61,74)(H,62,77)(H,63,78)(H,64,80)(H,65,73)(H,66,76)(H,70,71)(H,81,82)(H4,55,56,57)/t25-,26-,27+,29-,30-,31-,32-,33-,37-,38-,39-,40-/m0/s1. The summed E-state index contributed by atoms with van der Waals surface area (Å²) in [6.07, 6.45) is -4.58. The van der Waals surface area contributed by atoms with E-state index in [2.05, 4.69) is 52.8 Å². The molecule has 31 nitrogen and oxygen atoms in total. The van der Waals surface area contributed by atoms with E-state index in [1.807, 2.05) is 0 Å². The minimum Gasteiger partial charge on any atom is -0.481 e. The maximum atomic E-state index is 14.1. The molecule has 0 unspecified atom stereocenters. The molecule has 0 aliphatic heterocycles. The molecular formula is C51H83N15O16. The van der Waals surface area contributed by atoms with Gasteiger partial charge in [-0.3, -0.25) is 67.3 Å². The van der Waals surface area contributed by atoms with Gasteiger partial charge in [0, 0.05) is 19.4 Å². The van der Waals surface area contributed by atoms with Crippen LogP contribution in [0.5, 0.6) is 0 Å². The summed E-state index contributed by atoms with van der Waals surface area (Å²) >= 11 is 0. The summed E-state index contributed by atoms with van der Waals surface area (Å²) in [7, 11) is 0. The van der Waals surface area contributed by atoms with E-state index in [9.17, 15) is 77.6 Å². The lowest BCUT2D eigenvalue weighted by molar-refractivity contribution is -0.142. The third-order valence-electron chi connectivity index (χ3n) is 12.7. The topological polar surface area (TPSA) is 533 Å². The highest BCUT2D eigenvalue weighted by atomic mass is 16.4. The highest BCUT2D eigenvalue weighted by Crippen LogP contribution is 2.13. The Balaban J connectivity index is 3.55. The number of aliphatic hydroxyl groups is 1. The zero-order valence-corrected chi connectivity index (χ0v) is 47.3. The van der Waals surface area contributed by atoms with E-state index in [1.54, 1.807) is 58.0 Å². The number of aliphatic hydroxyl groups excluding tert-OH is 1. The van der Waals surface area contributed by atoms with E-state index in [0.717, 1.165) is 6.92 Å². The van der Waals surface area contributed by atoms with E-state index in [4.69, 9.17) is 28.7 Å². The number of aliphatic imine (C=N–C) groups is 1. The van der Waals surface area contributed by atoms with Crippen molar-refractivity contribution in [2.45, 2.75) is 173 Å². The van der Waals surface area contributed by atoms with Crippen molar-refractivity contribution in [3.05, 3.63) is 35.9 Å². The summed E-state index contributed by atoms with van der Waals surface area (Å²) in [6.45, 7) is 11.7. The Kier molecular flexibility index (Phi) is 30.8. The van der Waals surface area contributed by atoms with E-state index in [0.29, 0.717) is 5.56 Å². The van der Waals surface area contributed by atoms with Gasteiger partial charge in [-0.15, -0.1) is 0 Å². The Bertz CT molecular complexity index is 2440. The molecule has 0 fully saturated rings. The van der Waals surface area contributed by atoms with Gasteiger partial charge in [-0.1, -0.05) is 78.3 Å². The Hall–Kier alpha value is -8.48. The number of carboxylic acid groups (broad SMARTS) is 2. The molecule has 0 saturated carbocycles. The predicted molar refractivity (Wildman–Crippen MR) is 294 cm³/mol. The van der Waals surface area contributed by atoms with Crippen LogP contribution in [0.15, 0.2) is 35.3 Å². The summed E-state index contributed by atoms with van der Waals surface area (Å²) in [5.74, 6) is -16.6. The van der Waals surface area contributed by atoms with Crippen molar-refractivity contribution >= 4 is 82.9 Å². The van der Waals surface area contributed by atoms with Gasteiger partial charge < -0.3 is 91.8 Å². The maximum Gasteiger partial charge on any atom is 0.325 e. The van der Waals surface area contributed by atoms with Gasteiger partial charge in [0.05, 0.1) is 25.0 Å². The molecule has 0 aliphatic carbocycles. The number of benzene rings is 1. The number of carbonyl (C=O) groups is 13. The molecule has 0 heterocycles. The number of nitrogens with two attached hydrogens (primary N) is 5. The summed E-state index contributed by atoms with van der Waals surface area (Å²) in [5.41, 5.74) is 28.0. The van der Waals surface area contributed by atoms with Crippen LogP contribution < -0.4 is 76.5 Å². The normalized spacial score (nSPS) is 15.5. The van der Waals surface area contributed by atoms with Crippen LogP contribution in [0.25, 0.3) is 0 Å². The molecule has 458 valence electrons. The molecule has 0 bridgehead atoms. The summed E-state index contributed by atoms with van der Waals surface area (Å²) in [5, 5.41) is 51.4. The zero-order chi connectivity index (χ0) is 62.7. The van der Waals surface area contributed by atoms with Gasteiger partial charge in [0.15, 0.2) is 5.96 Å². The van der Waals surface area contributed by atoms with Gasteiger partial charge in [0.25, 0.3) is 0 Å². The molecule has 0 spiro atoms. The van der Waals surface area contributed by atoms with E-state index >= 15 is 0 Å². The molecule has 1 aromatic rings. The van der Waals surface area contributed by atoms with Crippen LogP contribution in [-0.4, -0.2) is 171 Å². The molecule has 0 radical (unpaired) electrons. The number of hydrogen-bond acceptors (Lipinski definition) is 16. The highest BCUT2D eigenvalue weighted by Gasteiger charge is 2.38. The molecule has 1 aromatic carbocycles. The first-order chi connectivity index (χ1) is 38.2. The fraction of sp³-hybridized carbons (Fsp3) is 0.608. The molecule has 11 amide bonds. The summed E-state index contributed by atoms with van der Waals surface area (Å²) < 4.78 is 0. The molecule has 1 rings (SSSR count). The van der Waals surface area contributed by atoms with Gasteiger partial charge in [-0.05, 0) is 56.4 Å². The second-order valence-corrected chi connectivity index (χ2v) is 20.4. The van der Waals surface area contributed by atoms with Crippen LogP contribution in [0.4, 0.5) is 0 Å². The largest absolute Gasteiger partial charge is 0.481 e. The van der Waals surface area contributed by atoms with Crippen LogP contribution >= 0.6 is 0 Å². The lowest BCUT2D eigenvalue weighted by atomic mass is 9.96. The van der Waals surface area contributed by atoms with Crippen molar-refractivity contribution in [3.63, 3.8) is 0 Å². The number of primary amides is 2. The Morgan fingerprint density at radius 3 is 1.46 bits per heavy atom. The van der Waals surface area contributed by atoms with Crippen molar-refractivity contribution in [3.8, 4) is 0 Å². The van der Waals surface area contributed by atoms with Crippen molar-refractivity contribution in [2.75, 3.05) is 6.54 Å². The van der Waals surface area contributed by atoms with E-state index in [-0.39, 0.29) is 44.1 Å². The van der Waals surface area contributed by atoms with Gasteiger partial charge in [-0.2, -0.15) is 0 Å². The van der Waals surface area contributed by atoms with Gasteiger partial charge in [0.2, 0.25) is 65.0 Å². The maximum absolute atomic E-state index is 14.1. The van der Waals surface area contributed by atoms with Crippen LogP contribution in [0.1, 0.15) is 106 Å². The number of rotatable bonds is 37. The smallest absolute Gasteiger partial charge is 0.325 e. The number of amides is 11. The van der Waals surface area contributed by atoms with Crippen molar-refractivity contribution in [2.24, 2.45) is 51.4 Å². The quantitative estimate of drug-likeness (QED) is 0.0168. The van der Waals surface area contributed by atoms with Crippen molar-refractivity contribution < 1.29 is 77.6 Å². The Morgan fingerprint density at radius 2 is 0.963 bits per heavy atom. The molecular weight excluding hydrogens is 1080 g/mol. The van der Waals surface area contributed by atoms with Crippen LogP contribution in [0, 0.1) is 17.8 Å². The summed E-state index contributed by atoms with van der Waals surface area (Å²) in [6, 6.07) is -7.57. The monoisotopic (exact) mass is 1160 g/mol. The molecule has 0 aliphatic rings. The lowest BCUT2D eigenvalue weighted by Gasteiger charge is -2.30. The molecule has 22 N–H and O–H groups in total. The number of carbonyl (C=O) groups excluding carboxylic acids is 11. The number of hydrogen-bond donors (Lipinski definition) is 17. The first-order valence-electron chi connectivity index (χ1n) is 26.5.